The molecule has 3 atom stereocenters. The van der Waals surface area contributed by atoms with E-state index in [1.54, 1.807) is 4.90 Å². The smallest absolute Gasteiger partial charge is 0.254 e. The summed E-state index contributed by atoms with van der Waals surface area (Å²) in [7, 11) is -1.55. The number of likely N-dealkylation sites (N-methyl/N-ethyl adjacent to an activating group) is 1. The number of piperazine rings is 1. The zero-order chi connectivity index (χ0) is 23.2. The van der Waals surface area contributed by atoms with Crippen LogP contribution in [0.3, 0.4) is 0 Å². The van der Waals surface area contributed by atoms with Gasteiger partial charge in [0.15, 0.2) is 0 Å². The minimum Gasteiger partial charge on any atom is -0.333 e. The molecule has 0 bridgehead atoms. The van der Waals surface area contributed by atoms with E-state index < -0.39 is 28.0 Å². The fraction of sp³-hybridized carbons (Fsp3) is 0.652. The molecule has 0 aromatic heterocycles. The van der Waals surface area contributed by atoms with Crippen LogP contribution in [0.1, 0.15) is 36.2 Å². The van der Waals surface area contributed by atoms with E-state index >= 15 is 0 Å². The Morgan fingerprint density at radius 3 is 2.44 bits per heavy atom. The van der Waals surface area contributed by atoms with E-state index in [4.69, 9.17) is 0 Å². The van der Waals surface area contributed by atoms with Crippen molar-refractivity contribution in [3.63, 3.8) is 0 Å². The van der Waals surface area contributed by atoms with Crippen molar-refractivity contribution in [2.45, 2.75) is 38.9 Å². The lowest BCUT2D eigenvalue weighted by Crippen LogP contribution is -2.44. The summed E-state index contributed by atoms with van der Waals surface area (Å²) >= 11 is 0. The normalized spacial score (nSPS) is 27.4. The molecule has 0 radical (unpaired) electrons. The number of likely N-dealkylation sites (tertiary alicyclic amines) is 1. The summed E-state index contributed by atoms with van der Waals surface area (Å²) in [6.45, 7) is 9.18. The first-order chi connectivity index (χ1) is 15.1. The van der Waals surface area contributed by atoms with Crippen LogP contribution in [0.15, 0.2) is 24.3 Å². The lowest BCUT2D eigenvalue weighted by molar-refractivity contribution is -0.129. The van der Waals surface area contributed by atoms with Gasteiger partial charge in [0, 0.05) is 44.8 Å². The highest BCUT2D eigenvalue weighted by atomic mass is 32.2. The summed E-state index contributed by atoms with van der Waals surface area (Å²) in [5.41, 5.74) is 1.70. The van der Waals surface area contributed by atoms with Gasteiger partial charge in [-0.2, -0.15) is 0 Å². The first-order valence-electron chi connectivity index (χ1n) is 11.4. The largest absolute Gasteiger partial charge is 0.333 e. The molecule has 1 aromatic rings. The van der Waals surface area contributed by atoms with E-state index in [1.165, 1.54) is 0 Å². The average molecular weight is 463 g/mol. The molecule has 4 rings (SSSR count). The Hall–Kier alpha value is -1.97. The first-order valence-corrected chi connectivity index (χ1v) is 13.3. The Labute approximate surface area is 191 Å². The van der Waals surface area contributed by atoms with E-state index in [1.807, 2.05) is 38.1 Å². The molecular weight excluding hydrogens is 428 g/mol. The number of fused-ring (bicyclic) bond motifs is 1. The summed E-state index contributed by atoms with van der Waals surface area (Å²) in [6, 6.07) is 6.84. The molecule has 176 valence electrons. The molecule has 9 heteroatoms. The molecule has 32 heavy (non-hydrogen) atoms. The Morgan fingerprint density at radius 2 is 1.81 bits per heavy atom. The van der Waals surface area contributed by atoms with E-state index in [2.05, 4.69) is 16.8 Å². The highest BCUT2D eigenvalue weighted by Gasteiger charge is 2.58. The molecule has 0 unspecified atom stereocenters. The van der Waals surface area contributed by atoms with Gasteiger partial charge < -0.3 is 9.80 Å². The fourth-order valence-corrected chi connectivity index (χ4v) is 6.67. The summed E-state index contributed by atoms with van der Waals surface area (Å²) in [5.74, 6) is -1.06. The third kappa shape index (κ3) is 4.30. The molecule has 0 aliphatic carbocycles. The molecule has 0 saturated carbocycles. The average Bonchev–Trinajstić information content (AvgIpc) is 3.25. The molecule has 2 amide bonds. The Balaban J connectivity index is 1.55. The van der Waals surface area contributed by atoms with Crippen molar-refractivity contribution in [3.8, 4) is 0 Å². The minimum atomic E-state index is -3.68. The topological polar surface area (TPSA) is 81.2 Å². The van der Waals surface area contributed by atoms with Gasteiger partial charge in [-0.3, -0.25) is 14.5 Å². The maximum Gasteiger partial charge on any atom is 0.254 e. The molecule has 1 aromatic carbocycles. The van der Waals surface area contributed by atoms with Crippen molar-refractivity contribution in [2.24, 2.45) is 11.8 Å². The van der Waals surface area contributed by atoms with Gasteiger partial charge in [0.1, 0.15) is 0 Å². The van der Waals surface area contributed by atoms with E-state index in [-0.39, 0.29) is 17.7 Å². The van der Waals surface area contributed by atoms with Gasteiger partial charge in [-0.05, 0) is 37.1 Å². The van der Waals surface area contributed by atoms with Crippen molar-refractivity contribution in [1.82, 2.24) is 19.0 Å². The molecule has 0 spiro atoms. The second-order valence-corrected chi connectivity index (χ2v) is 11.7. The number of hydrogen-bond acceptors (Lipinski definition) is 6. The Morgan fingerprint density at radius 1 is 1.12 bits per heavy atom. The summed E-state index contributed by atoms with van der Waals surface area (Å²) < 4.78 is 25.7. The van der Waals surface area contributed by atoms with Crippen LogP contribution < -0.4 is 0 Å². The van der Waals surface area contributed by atoms with Crippen LogP contribution in [0.4, 0.5) is 0 Å². The third-order valence-corrected chi connectivity index (χ3v) is 8.27. The molecule has 0 N–H and O–H groups in total. The van der Waals surface area contributed by atoms with Crippen molar-refractivity contribution in [2.75, 3.05) is 46.0 Å². The molecule has 3 heterocycles. The number of sulfonamides is 1. The first kappa shape index (κ1) is 23.2. The Kier molecular flexibility index (Phi) is 6.35. The van der Waals surface area contributed by atoms with Crippen molar-refractivity contribution < 1.29 is 18.0 Å². The number of hydrogen-bond donors (Lipinski definition) is 0. The second kappa shape index (κ2) is 8.76. The van der Waals surface area contributed by atoms with E-state index in [0.717, 1.165) is 48.8 Å². The van der Waals surface area contributed by atoms with Crippen molar-refractivity contribution >= 4 is 21.8 Å². The maximum atomic E-state index is 13.5. The van der Waals surface area contributed by atoms with E-state index in [0.29, 0.717) is 18.5 Å². The van der Waals surface area contributed by atoms with Gasteiger partial charge in [0.2, 0.25) is 15.9 Å². The zero-order valence-electron chi connectivity index (χ0n) is 19.4. The number of amides is 2. The summed E-state index contributed by atoms with van der Waals surface area (Å²) in [5, 5.41) is 0. The second-order valence-electron chi connectivity index (χ2n) is 9.79. The highest BCUT2D eigenvalue weighted by Crippen LogP contribution is 2.41. The quantitative estimate of drug-likeness (QED) is 0.652. The molecular formula is C23H34N4O4S. The number of nitrogens with zero attached hydrogens (tertiary/aromatic N) is 4. The number of carbonyl (C=O) groups is 2. The van der Waals surface area contributed by atoms with Gasteiger partial charge in [0.05, 0.1) is 24.3 Å². The molecule has 3 fully saturated rings. The zero-order valence-corrected chi connectivity index (χ0v) is 20.2. The summed E-state index contributed by atoms with van der Waals surface area (Å²) in [6.07, 6.45) is 1.57. The van der Waals surface area contributed by atoms with Crippen molar-refractivity contribution in [3.05, 3.63) is 35.4 Å². The standard InChI is InChI=1S/C23H34N4O4S/c1-16(2)20-21-19(27(23(20)29)32(4,30)31)8-9-26(21)22(28)18-7-5-6-17(14-18)15-25-12-10-24(3)11-13-25/h5-7,14,16,19-21H,8-13,15H2,1-4H3/t19-,20+,21-/m0/s1. The van der Waals surface area contributed by atoms with E-state index in [9.17, 15) is 18.0 Å². The van der Waals surface area contributed by atoms with Gasteiger partial charge in [-0.15, -0.1) is 0 Å². The number of rotatable bonds is 5. The van der Waals surface area contributed by atoms with Gasteiger partial charge in [-0.1, -0.05) is 26.0 Å². The lowest BCUT2D eigenvalue weighted by Gasteiger charge is -2.32. The third-order valence-electron chi connectivity index (χ3n) is 7.10. The van der Waals surface area contributed by atoms with Crippen LogP contribution in [0.25, 0.3) is 0 Å². The van der Waals surface area contributed by atoms with Gasteiger partial charge in [-0.25, -0.2) is 12.7 Å². The van der Waals surface area contributed by atoms with Crippen LogP contribution in [-0.4, -0.2) is 97.3 Å². The van der Waals surface area contributed by atoms with Crippen LogP contribution >= 0.6 is 0 Å². The molecule has 3 saturated heterocycles. The molecule has 3 aliphatic rings. The SMILES string of the molecule is CC(C)[C@H]1C(=O)N(S(C)(=O)=O)[C@H]2CCN(C(=O)c3cccc(CN4CCN(C)CC4)c3)[C@H]12. The van der Waals surface area contributed by atoms with Crippen LogP contribution in [-0.2, 0) is 21.4 Å². The lowest BCUT2D eigenvalue weighted by atomic mass is 9.88. The van der Waals surface area contributed by atoms with Crippen LogP contribution in [0, 0.1) is 11.8 Å². The van der Waals surface area contributed by atoms with Gasteiger partial charge in [0.25, 0.3) is 5.91 Å². The Bertz CT molecular complexity index is 987. The molecule has 3 aliphatic heterocycles. The van der Waals surface area contributed by atoms with Gasteiger partial charge >= 0.3 is 0 Å². The minimum absolute atomic E-state index is 0.0567. The summed E-state index contributed by atoms with van der Waals surface area (Å²) in [4.78, 5) is 33.0. The highest BCUT2D eigenvalue weighted by molar-refractivity contribution is 7.88. The van der Waals surface area contributed by atoms with Crippen LogP contribution in [0.5, 0.6) is 0 Å². The number of benzene rings is 1. The fourth-order valence-electron chi connectivity index (χ4n) is 5.50. The maximum absolute atomic E-state index is 13.5. The predicted octanol–water partition coefficient (Wildman–Crippen LogP) is 1.09. The monoisotopic (exact) mass is 462 g/mol. The predicted molar refractivity (Wildman–Crippen MR) is 122 cm³/mol. The van der Waals surface area contributed by atoms with Crippen LogP contribution in [0.2, 0.25) is 0 Å². The number of carbonyl (C=O) groups excluding carboxylic acids is 2. The molecule has 8 nitrogen and oxygen atoms in total. The van der Waals surface area contributed by atoms with Crippen molar-refractivity contribution in [1.29, 1.82) is 0 Å².